The summed E-state index contributed by atoms with van der Waals surface area (Å²) in [6.07, 6.45) is 3.20. The molecule has 0 atom stereocenters. The Morgan fingerprint density at radius 1 is 1.19 bits per heavy atom. The van der Waals surface area contributed by atoms with Crippen LogP contribution in [0.15, 0.2) is 18.2 Å². The van der Waals surface area contributed by atoms with E-state index in [1.165, 1.54) is 5.56 Å². The summed E-state index contributed by atoms with van der Waals surface area (Å²) >= 11 is 0. The predicted octanol–water partition coefficient (Wildman–Crippen LogP) is 2.86. The molecule has 4 heteroatoms. The normalized spacial score (nSPS) is 11.0. The number of benzene rings is 1. The zero-order valence-electron chi connectivity index (χ0n) is 13.7. The summed E-state index contributed by atoms with van der Waals surface area (Å²) < 4.78 is 10.7. The van der Waals surface area contributed by atoms with Crippen molar-refractivity contribution in [2.75, 3.05) is 39.1 Å². The van der Waals surface area contributed by atoms with E-state index in [-0.39, 0.29) is 0 Å². The molecule has 0 fully saturated rings. The molecular formula is C17H30N2O2. The Balaban J connectivity index is 2.25. The average Bonchev–Trinajstić information content (AvgIpc) is 2.45. The Labute approximate surface area is 129 Å². The highest BCUT2D eigenvalue weighted by atomic mass is 16.5. The van der Waals surface area contributed by atoms with Gasteiger partial charge in [-0.1, -0.05) is 19.9 Å². The van der Waals surface area contributed by atoms with Gasteiger partial charge in [-0.05, 0) is 56.0 Å². The Morgan fingerprint density at radius 3 is 2.62 bits per heavy atom. The fourth-order valence-corrected chi connectivity index (χ4v) is 2.03. The topological polar surface area (TPSA) is 56.5 Å². The first-order valence-electron chi connectivity index (χ1n) is 7.84. The molecule has 21 heavy (non-hydrogen) atoms. The molecule has 120 valence electrons. The third kappa shape index (κ3) is 7.93. The molecule has 0 saturated carbocycles. The molecule has 0 heterocycles. The van der Waals surface area contributed by atoms with E-state index in [9.17, 15) is 0 Å². The molecule has 0 aliphatic carbocycles. The minimum atomic E-state index is 0.508. The zero-order valence-corrected chi connectivity index (χ0v) is 13.7. The van der Waals surface area contributed by atoms with Crippen molar-refractivity contribution in [3.8, 4) is 5.75 Å². The number of nitrogen functional groups attached to an aromatic ring is 1. The first kappa shape index (κ1) is 17.8. The number of hydrogen-bond donors (Lipinski definition) is 2. The molecule has 0 aromatic heterocycles. The van der Waals surface area contributed by atoms with Crippen LogP contribution in [-0.2, 0) is 11.2 Å². The third-order valence-corrected chi connectivity index (χ3v) is 3.17. The van der Waals surface area contributed by atoms with E-state index >= 15 is 0 Å². The maximum absolute atomic E-state index is 6.04. The summed E-state index contributed by atoms with van der Waals surface area (Å²) in [6, 6.07) is 6.12. The van der Waals surface area contributed by atoms with Crippen molar-refractivity contribution in [3.05, 3.63) is 23.8 Å². The summed E-state index contributed by atoms with van der Waals surface area (Å²) in [7, 11) is 1.74. The van der Waals surface area contributed by atoms with Crippen molar-refractivity contribution in [2.45, 2.75) is 33.1 Å². The number of hydrogen-bond acceptors (Lipinski definition) is 4. The minimum Gasteiger partial charge on any atom is -0.491 e. The van der Waals surface area contributed by atoms with Gasteiger partial charge in [-0.15, -0.1) is 0 Å². The van der Waals surface area contributed by atoms with Gasteiger partial charge in [-0.25, -0.2) is 0 Å². The predicted molar refractivity (Wildman–Crippen MR) is 88.9 cm³/mol. The van der Waals surface area contributed by atoms with Gasteiger partial charge in [0.05, 0.1) is 12.3 Å². The van der Waals surface area contributed by atoms with Crippen LogP contribution in [0.1, 0.15) is 32.3 Å². The number of ether oxygens (including phenoxy) is 2. The molecule has 1 rings (SSSR count). The molecule has 3 N–H and O–H groups in total. The zero-order chi connectivity index (χ0) is 15.5. The monoisotopic (exact) mass is 294 g/mol. The van der Waals surface area contributed by atoms with Crippen LogP contribution in [0.25, 0.3) is 0 Å². The fourth-order valence-electron chi connectivity index (χ4n) is 2.03. The second-order valence-corrected chi connectivity index (χ2v) is 5.78. The average molecular weight is 294 g/mol. The van der Waals surface area contributed by atoms with Crippen molar-refractivity contribution in [2.24, 2.45) is 5.92 Å². The lowest BCUT2D eigenvalue weighted by molar-refractivity contribution is 0.194. The molecule has 0 saturated heterocycles. The molecule has 1 aromatic rings. The van der Waals surface area contributed by atoms with E-state index in [0.29, 0.717) is 12.5 Å². The summed E-state index contributed by atoms with van der Waals surface area (Å²) in [5.41, 5.74) is 8.04. The number of methoxy groups -OCH3 is 1. The molecule has 0 aliphatic heterocycles. The summed E-state index contributed by atoms with van der Waals surface area (Å²) in [4.78, 5) is 0. The Hall–Kier alpha value is -1.26. The summed E-state index contributed by atoms with van der Waals surface area (Å²) in [6.45, 7) is 7.82. The summed E-state index contributed by atoms with van der Waals surface area (Å²) in [5, 5.41) is 3.41. The van der Waals surface area contributed by atoms with Crippen LogP contribution >= 0.6 is 0 Å². The molecular weight excluding hydrogens is 264 g/mol. The van der Waals surface area contributed by atoms with Crippen LogP contribution in [-0.4, -0.2) is 33.4 Å². The lowest BCUT2D eigenvalue weighted by Gasteiger charge is -2.12. The van der Waals surface area contributed by atoms with Crippen LogP contribution in [0.2, 0.25) is 0 Å². The fraction of sp³-hybridized carbons (Fsp3) is 0.647. The van der Waals surface area contributed by atoms with Gasteiger partial charge in [0.25, 0.3) is 0 Å². The first-order chi connectivity index (χ1) is 10.1. The van der Waals surface area contributed by atoms with Crippen LogP contribution in [0.4, 0.5) is 5.69 Å². The first-order valence-corrected chi connectivity index (χ1v) is 7.84. The van der Waals surface area contributed by atoms with E-state index < -0.39 is 0 Å². The summed E-state index contributed by atoms with van der Waals surface area (Å²) in [5.74, 6) is 1.30. The Morgan fingerprint density at radius 2 is 1.95 bits per heavy atom. The lowest BCUT2D eigenvalue weighted by Crippen LogP contribution is -2.18. The van der Waals surface area contributed by atoms with Gasteiger partial charge in [0.2, 0.25) is 0 Å². The molecule has 0 radical (unpaired) electrons. The van der Waals surface area contributed by atoms with Crippen LogP contribution in [0.5, 0.6) is 5.75 Å². The number of nitrogens with two attached hydrogens (primary N) is 1. The molecule has 1 aromatic carbocycles. The number of aryl methyl sites for hydroxylation is 1. The van der Waals surface area contributed by atoms with Crippen molar-refractivity contribution < 1.29 is 9.47 Å². The van der Waals surface area contributed by atoms with Crippen LogP contribution in [0, 0.1) is 5.92 Å². The second-order valence-electron chi connectivity index (χ2n) is 5.78. The standard InChI is InChI=1S/C17H30N2O2/c1-14(2)13-21-17-8-7-15(12-16(17)18)6-4-9-19-10-5-11-20-3/h7-8,12,14,19H,4-6,9-11,13,18H2,1-3H3. The van der Waals surface area contributed by atoms with E-state index in [1.807, 2.05) is 12.1 Å². The lowest BCUT2D eigenvalue weighted by atomic mass is 10.1. The Kier molecular flexibility index (Phi) is 8.87. The van der Waals surface area contributed by atoms with E-state index in [1.54, 1.807) is 7.11 Å². The van der Waals surface area contributed by atoms with Gasteiger partial charge in [-0.3, -0.25) is 0 Å². The number of anilines is 1. The van der Waals surface area contributed by atoms with Gasteiger partial charge < -0.3 is 20.5 Å². The highest BCUT2D eigenvalue weighted by molar-refractivity contribution is 5.54. The molecule has 0 unspecified atom stereocenters. The van der Waals surface area contributed by atoms with Crippen molar-refractivity contribution in [1.29, 1.82) is 0 Å². The van der Waals surface area contributed by atoms with Gasteiger partial charge in [0.1, 0.15) is 5.75 Å². The van der Waals surface area contributed by atoms with E-state index in [2.05, 4.69) is 25.2 Å². The highest BCUT2D eigenvalue weighted by Crippen LogP contribution is 2.23. The number of nitrogens with one attached hydrogen (secondary N) is 1. The molecule has 0 aliphatic rings. The maximum atomic E-state index is 6.04. The molecule has 4 nitrogen and oxygen atoms in total. The number of rotatable bonds is 11. The van der Waals surface area contributed by atoms with Crippen LogP contribution in [0.3, 0.4) is 0 Å². The Bertz CT molecular complexity index is 394. The van der Waals surface area contributed by atoms with E-state index in [0.717, 1.165) is 50.4 Å². The molecule has 0 bridgehead atoms. The van der Waals surface area contributed by atoms with Gasteiger partial charge >= 0.3 is 0 Å². The van der Waals surface area contributed by atoms with E-state index in [4.69, 9.17) is 15.2 Å². The minimum absolute atomic E-state index is 0.508. The van der Waals surface area contributed by atoms with Gasteiger partial charge in [0, 0.05) is 13.7 Å². The smallest absolute Gasteiger partial charge is 0.142 e. The largest absolute Gasteiger partial charge is 0.491 e. The maximum Gasteiger partial charge on any atom is 0.142 e. The molecule has 0 spiro atoms. The highest BCUT2D eigenvalue weighted by Gasteiger charge is 2.03. The second kappa shape index (κ2) is 10.5. The van der Waals surface area contributed by atoms with Crippen molar-refractivity contribution >= 4 is 5.69 Å². The van der Waals surface area contributed by atoms with Crippen LogP contribution < -0.4 is 15.8 Å². The van der Waals surface area contributed by atoms with Crippen molar-refractivity contribution in [3.63, 3.8) is 0 Å². The molecule has 0 amide bonds. The third-order valence-electron chi connectivity index (χ3n) is 3.17. The van der Waals surface area contributed by atoms with Gasteiger partial charge in [0.15, 0.2) is 0 Å². The van der Waals surface area contributed by atoms with Gasteiger partial charge in [-0.2, -0.15) is 0 Å². The SMILES string of the molecule is COCCCNCCCc1ccc(OCC(C)C)c(N)c1. The van der Waals surface area contributed by atoms with Crippen molar-refractivity contribution in [1.82, 2.24) is 5.32 Å². The quantitative estimate of drug-likeness (QED) is 0.487.